The van der Waals surface area contributed by atoms with Gasteiger partial charge in [0.05, 0.1) is 41.6 Å². The Morgan fingerprint density at radius 3 is 2.56 bits per heavy atom. The van der Waals surface area contributed by atoms with Gasteiger partial charge in [-0.3, -0.25) is 9.36 Å². The number of ether oxygens (including phenoxy) is 4. The lowest BCUT2D eigenvalue weighted by atomic mass is 9.95. The van der Waals surface area contributed by atoms with E-state index in [1.807, 2.05) is 0 Å². The van der Waals surface area contributed by atoms with Gasteiger partial charge in [-0.2, -0.15) is 0 Å². The molecule has 0 aliphatic carbocycles. The predicted octanol–water partition coefficient (Wildman–Crippen LogP) is 5.56. The third-order valence-corrected chi connectivity index (χ3v) is 8.60. The molecule has 8 nitrogen and oxygen atoms in total. The highest BCUT2D eigenvalue weighted by Crippen LogP contribution is 2.39. The SMILES string of the molecule is COC(=O)C1=C(C)N=c2s/c(=C\c3cc(Br)c(OCc4ccccc4F)c(OC)c3)c(=O)n2[C@@H]1c1cc(Cl)ccc1OC. The summed E-state index contributed by atoms with van der Waals surface area (Å²) in [4.78, 5) is 31.9. The van der Waals surface area contributed by atoms with Crippen LogP contribution in [0.4, 0.5) is 4.39 Å². The summed E-state index contributed by atoms with van der Waals surface area (Å²) in [5.74, 6) is 0.219. The molecule has 0 radical (unpaired) electrons. The fraction of sp³-hybridized carbons (Fsp3) is 0.194. The minimum Gasteiger partial charge on any atom is -0.496 e. The van der Waals surface area contributed by atoms with E-state index in [9.17, 15) is 14.0 Å². The molecule has 0 amide bonds. The van der Waals surface area contributed by atoms with Crippen molar-refractivity contribution in [3.8, 4) is 17.2 Å². The second-order valence-corrected chi connectivity index (χ2v) is 11.7. The van der Waals surface area contributed by atoms with Gasteiger partial charge >= 0.3 is 5.97 Å². The van der Waals surface area contributed by atoms with Crippen molar-refractivity contribution in [2.24, 2.45) is 4.99 Å². The molecule has 4 aromatic rings. The lowest BCUT2D eigenvalue weighted by Crippen LogP contribution is -2.40. The molecule has 0 saturated carbocycles. The highest BCUT2D eigenvalue weighted by molar-refractivity contribution is 9.10. The average molecular weight is 688 g/mol. The van der Waals surface area contributed by atoms with Crippen molar-refractivity contribution in [3.63, 3.8) is 0 Å². The second kappa shape index (κ2) is 12.7. The number of hydrogen-bond acceptors (Lipinski definition) is 8. The maximum absolute atomic E-state index is 14.1. The molecule has 2 heterocycles. The van der Waals surface area contributed by atoms with Crippen molar-refractivity contribution >= 4 is 50.9 Å². The molecule has 3 aromatic carbocycles. The smallest absolute Gasteiger partial charge is 0.338 e. The third-order valence-electron chi connectivity index (χ3n) is 6.79. The molecule has 0 unspecified atom stereocenters. The van der Waals surface area contributed by atoms with Crippen molar-refractivity contribution in [1.29, 1.82) is 0 Å². The molecule has 12 heteroatoms. The Morgan fingerprint density at radius 2 is 1.86 bits per heavy atom. The van der Waals surface area contributed by atoms with E-state index in [2.05, 4.69) is 20.9 Å². The largest absolute Gasteiger partial charge is 0.496 e. The van der Waals surface area contributed by atoms with E-state index in [-0.39, 0.29) is 23.6 Å². The van der Waals surface area contributed by atoms with E-state index in [0.717, 1.165) is 0 Å². The van der Waals surface area contributed by atoms with Gasteiger partial charge in [0.15, 0.2) is 16.3 Å². The van der Waals surface area contributed by atoms with Gasteiger partial charge in [-0.25, -0.2) is 14.2 Å². The molecule has 0 spiro atoms. The number of methoxy groups -OCH3 is 3. The standard InChI is InChI=1S/C31H25BrClFN2O6S/c1-16-26(30(38)41-4)27(20-14-19(33)9-10-23(20)39-2)36-29(37)25(43-31(36)35-16)13-17-11-21(32)28(24(12-17)40-3)42-15-18-7-5-6-8-22(18)34/h5-14,27H,15H2,1-4H3/b25-13-/t27-/m1/s1. The summed E-state index contributed by atoms with van der Waals surface area (Å²) in [6.07, 6.45) is 1.70. The van der Waals surface area contributed by atoms with Gasteiger partial charge in [0.1, 0.15) is 24.2 Å². The van der Waals surface area contributed by atoms with E-state index in [4.69, 9.17) is 30.5 Å². The number of benzene rings is 3. The molecule has 0 N–H and O–H groups in total. The molecule has 5 rings (SSSR count). The predicted molar refractivity (Wildman–Crippen MR) is 165 cm³/mol. The van der Waals surface area contributed by atoms with E-state index < -0.39 is 12.0 Å². The van der Waals surface area contributed by atoms with Gasteiger partial charge in [-0.05, 0) is 70.9 Å². The zero-order valence-corrected chi connectivity index (χ0v) is 26.6. The van der Waals surface area contributed by atoms with E-state index in [0.29, 0.717) is 58.5 Å². The van der Waals surface area contributed by atoms with Crippen LogP contribution < -0.4 is 29.1 Å². The Hall–Kier alpha value is -3.93. The highest BCUT2D eigenvalue weighted by atomic mass is 79.9. The fourth-order valence-electron chi connectivity index (χ4n) is 4.79. The molecule has 0 fully saturated rings. The number of thiazole rings is 1. The molecule has 43 heavy (non-hydrogen) atoms. The van der Waals surface area contributed by atoms with Crippen molar-refractivity contribution in [1.82, 2.24) is 4.57 Å². The first-order valence-corrected chi connectivity index (χ1v) is 14.8. The second-order valence-electron chi connectivity index (χ2n) is 9.37. The number of carbonyl (C=O) groups is 1. The van der Waals surface area contributed by atoms with Crippen LogP contribution in [0.2, 0.25) is 5.02 Å². The molecule has 222 valence electrons. The van der Waals surface area contributed by atoms with Crippen molar-refractivity contribution in [3.05, 3.63) is 118 Å². The van der Waals surface area contributed by atoms with Crippen LogP contribution in [0.5, 0.6) is 17.2 Å². The van der Waals surface area contributed by atoms with Crippen LogP contribution in [0.15, 0.2) is 80.1 Å². The van der Waals surface area contributed by atoms with Crippen LogP contribution in [0.1, 0.15) is 29.7 Å². The van der Waals surface area contributed by atoms with Crippen LogP contribution in [-0.4, -0.2) is 31.9 Å². The summed E-state index contributed by atoms with van der Waals surface area (Å²) in [5, 5.41) is 0.408. The third kappa shape index (κ3) is 5.97. The van der Waals surface area contributed by atoms with Gasteiger partial charge in [-0.15, -0.1) is 0 Å². The summed E-state index contributed by atoms with van der Waals surface area (Å²) in [5.41, 5.74) is 1.77. The number of allylic oxidation sites excluding steroid dienone is 1. The lowest BCUT2D eigenvalue weighted by molar-refractivity contribution is -0.136. The van der Waals surface area contributed by atoms with Gasteiger partial charge in [0.25, 0.3) is 5.56 Å². The summed E-state index contributed by atoms with van der Waals surface area (Å²) in [6, 6.07) is 13.9. The van der Waals surface area contributed by atoms with Crippen LogP contribution >= 0.6 is 38.9 Å². The zero-order chi connectivity index (χ0) is 30.8. The highest BCUT2D eigenvalue weighted by Gasteiger charge is 2.35. The van der Waals surface area contributed by atoms with Crippen molar-refractivity contribution < 1.29 is 28.1 Å². The molecule has 0 bridgehead atoms. The molecule has 1 aliphatic rings. The average Bonchev–Trinajstić information content (AvgIpc) is 3.29. The van der Waals surface area contributed by atoms with Gasteiger partial charge in [-0.1, -0.05) is 41.1 Å². The number of rotatable bonds is 8. The summed E-state index contributed by atoms with van der Waals surface area (Å²) in [6.45, 7) is 1.68. The first-order chi connectivity index (χ1) is 20.7. The maximum atomic E-state index is 14.1. The first kappa shape index (κ1) is 30.5. The molecular formula is C31H25BrClFN2O6S. The quantitative estimate of drug-likeness (QED) is 0.226. The Labute approximate surface area is 263 Å². The van der Waals surface area contributed by atoms with Crippen LogP contribution in [0, 0.1) is 5.82 Å². The first-order valence-electron chi connectivity index (χ1n) is 12.8. The zero-order valence-electron chi connectivity index (χ0n) is 23.4. The van der Waals surface area contributed by atoms with E-state index >= 15 is 0 Å². The summed E-state index contributed by atoms with van der Waals surface area (Å²) in [7, 11) is 4.26. The number of nitrogens with zero attached hydrogens (tertiary/aromatic N) is 2. The summed E-state index contributed by atoms with van der Waals surface area (Å²) >= 11 is 11.0. The van der Waals surface area contributed by atoms with E-state index in [1.54, 1.807) is 61.5 Å². The Balaban J connectivity index is 1.62. The number of fused-ring (bicyclic) bond motifs is 1. The molecule has 1 atom stereocenters. The maximum Gasteiger partial charge on any atom is 0.338 e. The number of aromatic nitrogens is 1. The Bertz CT molecular complexity index is 1950. The van der Waals surface area contributed by atoms with Crippen LogP contribution in [-0.2, 0) is 16.1 Å². The molecule has 1 aromatic heterocycles. The number of esters is 1. The molecule has 0 saturated heterocycles. The molecule has 1 aliphatic heterocycles. The Kier molecular flexibility index (Phi) is 9.05. The number of hydrogen-bond donors (Lipinski definition) is 0. The minimum absolute atomic E-state index is 0.00553. The van der Waals surface area contributed by atoms with Gasteiger partial charge < -0.3 is 18.9 Å². The topological polar surface area (TPSA) is 88.4 Å². The number of carbonyl (C=O) groups excluding carboxylic acids is 1. The van der Waals surface area contributed by atoms with E-state index in [1.165, 1.54) is 43.3 Å². The lowest BCUT2D eigenvalue weighted by Gasteiger charge is -2.25. The Morgan fingerprint density at radius 1 is 1.12 bits per heavy atom. The summed E-state index contributed by atoms with van der Waals surface area (Å²) < 4.78 is 38.6. The van der Waals surface area contributed by atoms with Gasteiger partial charge in [0, 0.05) is 16.1 Å². The normalized spacial score (nSPS) is 14.7. The van der Waals surface area contributed by atoms with Crippen LogP contribution in [0.3, 0.4) is 0 Å². The van der Waals surface area contributed by atoms with Crippen LogP contribution in [0.25, 0.3) is 6.08 Å². The minimum atomic E-state index is -0.894. The number of halogens is 3. The van der Waals surface area contributed by atoms with Gasteiger partial charge in [0.2, 0.25) is 0 Å². The fourth-order valence-corrected chi connectivity index (χ4v) is 6.59. The molecular weight excluding hydrogens is 663 g/mol. The van der Waals surface area contributed by atoms with Crippen molar-refractivity contribution in [2.75, 3.05) is 21.3 Å². The van der Waals surface area contributed by atoms with Crippen molar-refractivity contribution in [2.45, 2.75) is 19.6 Å². The monoisotopic (exact) mass is 686 g/mol.